The van der Waals surface area contributed by atoms with E-state index in [1.54, 1.807) is 6.08 Å². The third kappa shape index (κ3) is 4.23. The van der Waals surface area contributed by atoms with Gasteiger partial charge in [0.05, 0.1) is 11.2 Å². The number of aryl methyl sites for hydroxylation is 1. The number of aromatic nitrogens is 1. The fraction of sp³-hybridized carbons (Fsp3) is 0.143. The summed E-state index contributed by atoms with van der Waals surface area (Å²) in [6, 6.07) is 17.0. The maximum atomic E-state index is 4.94. The van der Waals surface area contributed by atoms with E-state index in [9.17, 15) is 0 Å². The molecule has 4 rings (SSSR count). The zero-order valence-electron chi connectivity index (χ0n) is 17.6. The van der Waals surface area contributed by atoms with Gasteiger partial charge < -0.3 is 0 Å². The molecule has 148 valence electrons. The second-order valence-electron chi connectivity index (χ2n) is 7.59. The average Bonchev–Trinajstić information content (AvgIpc) is 3.04. The summed E-state index contributed by atoms with van der Waals surface area (Å²) in [5.74, 6) is 0. The number of fused-ring (bicyclic) bond motifs is 1. The minimum absolute atomic E-state index is 0.816. The number of pyridine rings is 1. The van der Waals surface area contributed by atoms with E-state index in [2.05, 4.69) is 79.4 Å². The largest absolute Gasteiger partial charge is 0.251 e. The van der Waals surface area contributed by atoms with Crippen molar-refractivity contribution >= 4 is 22.3 Å². The van der Waals surface area contributed by atoms with Gasteiger partial charge in [0, 0.05) is 16.8 Å². The Morgan fingerprint density at radius 3 is 2.77 bits per heavy atom. The van der Waals surface area contributed by atoms with Gasteiger partial charge in [-0.15, -0.1) is 0 Å². The van der Waals surface area contributed by atoms with Crippen molar-refractivity contribution in [1.29, 1.82) is 0 Å². The zero-order valence-corrected chi connectivity index (χ0v) is 17.6. The number of hydrogen-bond donors (Lipinski definition) is 0. The van der Waals surface area contributed by atoms with Gasteiger partial charge in [0.15, 0.2) is 0 Å². The minimum Gasteiger partial charge on any atom is -0.251 e. The zero-order chi connectivity index (χ0) is 20.9. The molecule has 0 fully saturated rings. The molecule has 0 N–H and O–H groups in total. The topological polar surface area (TPSA) is 25.2 Å². The molecule has 0 saturated carbocycles. The predicted molar refractivity (Wildman–Crippen MR) is 130 cm³/mol. The molecular weight excluding hydrogens is 364 g/mol. The van der Waals surface area contributed by atoms with E-state index in [-0.39, 0.29) is 0 Å². The summed E-state index contributed by atoms with van der Waals surface area (Å²) in [6.07, 6.45) is 14.5. The van der Waals surface area contributed by atoms with Gasteiger partial charge in [-0.05, 0) is 61.1 Å². The summed E-state index contributed by atoms with van der Waals surface area (Å²) in [6.45, 7) is 7.93. The third-order valence-corrected chi connectivity index (χ3v) is 5.28. The number of aliphatic imine (C=N–C) groups is 1. The van der Waals surface area contributed by atoms with E-state index in [4.69, 9.17) is 9.98 Å². The Kier molecular flexibility index (Phi) is 5.85. The highest BCUT2D eigenvalue weighted by molar-refractivity contribution is 6.04. The van der Waals surface area contributed by atoms with E-state index >= 15 is 0 Å². The molecule has 0 bridgehead atoms. The Hall–Kier alpha value is -3.52. The second kappa shape index (κ2) is 8.87. The van der Waals surface area contributed by atoms with Gasteiger partial charge >= 0.3 is 0 Å². The molecule has 0 unspecified atom stereocenters. The summed E-state index contributed by atoms with van der Waals surface area (Å²) in [5, 5.41) is 1.12. The highest BCUT2D eigenvalue weighted by Crippen LogP contribution is 2.37. The molecule has 1 aromatic heterocycles. The van der Waals surface area contributed by atoms with Crippen LogP contribution in [0.5, 0.6) is 0 Å². The molecule has 3 aromatic rings. The van der Waals surface area contributed by atoms with Gasteiger partial charge in [0.2, 0.25) is 0 Å². The Morgan fingerprint density at radius 2 is 1.97 bits per heavy atom. The monoisotopic (exact) mass is 390 g/mol. The van der Waals surface area contributed by atoms with Crippen molar-refractivity contribution in [2.24, 2.45) is 4.99 Å². The van der Waals surface area contributed by atoms with Crippen LogP contribution in [0.1, 0.15) is 24.6 Å². The van der Waals surface area contributed by atoms with E-state index in [0.717, 1.165) is 40.8 Å². The summed E-state index contributed by atoms with van der Waals surface area (Å²) in [5.41, 5.74) is 8.58. The highest BCUT2D eigenvalue weighted by atomic mass is 14.8. The van der Waals surface area contributed by atoms with E-state index in [0.29, 0.717) is 0 Å². The van der Waals surface area contributed by atoms with Crippen molar-refractivity contribution < 1.29 is 0 Å². The first-order valence-electron chi connectivity index (χ1n) is 10.3. The maximum Gasteiger partial charge on any atom is 0.0970 e. The number of rotatable bonds is 5. The standard InChI is InChI=1S/C28H26N2/c1-4-20(2)29-27-24(19-22-12-8-5-6-9-13-22)16-17-25-26(18-21(3)30-28(25)27)23-14-10-7-11-15-23/h4-5,7-18H,1,6,19H2,2-3H3/b29-20-. The summed E-state index contributed by atoms with van der Waals surface area (Å²) >= 11 is 0. The number of nitrogens with zero attached hydrogens (tertiary/aromatic N) is 2. The van der Waals surface area contributed by atoms with Crippen LogP contribution in [0, 0.1) is 6.92 Å². The second-order valence-corrected chi connectivity index (χ2v) is 7.59. The first-order valence-corrected chi connectivity index (χ1v) is 10.3. The van der Waals surface area contributed by atoms with Crippen LogP contribution in [-0.2, 0) is 6.42 Å². The molecule has 0 aliphatic heterocycles. The van der Waals surface area contributed by atoms with Crippen LogP contribution >= 0.6 is 0 Å². The number of hydrogen-bond acceptors (Lipinski definition) is 2. The van der Waals surface area contributed by atoms with Crippen LogP contribution in [0.4, 0.5) is 5.69 Å². The number of allylic oxidation sites excluding steroid dienone is 7. The van der Waals surface area contributed by atoms with Gasteiger partial charge in [-0.3, -0.25) is 9.98 Å². The van der Waals surface area contributed by atoms with Crippen molar-refractivity contribution in [3.05, 3.63) is 108 Å². The first-order chi connectivity index (χ1) is 14.7. The van der Waals surface area contributed by atoms with Gasteiger partial charge in [-0.25, -0.2) is 0 Å². The Bertz CT molecular complexity index is 1210. The molecule has 1 aliphatic rings. The van der Waals surface area contributed by atoms with Crippen molar-refractivity contribution in [2.45, 2.75) is 26.7 Å². The van der Waals surface area contributed by atoms with Crippen LogP contribution in [0.2, 0.25) is 0 Å². The van der Waals surface area contributed by atoms with Gasteiger partial charge in [-0.2, -0.15) is 0 Å². The Labute approximate surface area is 178 Å². The van der Waals surface area contributed by atoms with E-state index in [1.807, 2.05) is 19.9 Å². The Morgan fingerprint density at radius 1 is 1.13 bits per heavy atom. The van der Waals surface area contributed by atoms with Gasteiger partial charge in [-0.1, -0.05) is 79.4 Å². The molecule has 1 aliphatic carbocycles. The van der Waals surface area contributed by atoms with E-state index < -0.39 is 0 Å². The lowest BCUT2D eigenvalue weighted by molar-refractivity contribution is 1.18. The lowest BCUT2D eigenvalue weighted by Gasteiger charge is -2.14. The van der Waals surface area contributed by atoms with Crippen molar-refractivity contribution in [3.63, 3.8) is 0 Å². The minimum atomic E-state index is 0.816. The number of benzene rings is 2. The molecule has 2 heteroatoms. The van der Waals surface area contributed by atoms with Gasteiger partial charge in [0.1, 0.15) is 0 Å². The maximum absolute atomic E-state index is 4.94. The molecule has 0 spiro atoms. The molecule has 30 heavy (non-hydrogen) atoms. The van der Waals surface area contributed by atoms with Crippen LogP contribution in [0.15, 0.2) is 102 Å². The summed E-state index contributed by atoms with van der Waals surface area (Å²) in [4.78, 5) is 9.87. The molecule has 2 nitrogen and oxygen atoms in total. The average molecular weight is 391 g/mol. The summed E-state index contributed by atoms with van der Waals surface area (Å²) in [7, 11) is 0. The molecule has 1 heterocycles. The highest BCUT2D eigenvalue weighted by Gasteiger charge is 2.14. The lowest BCUT2D eigenvalue weighted by atomic mass is 9.95. The third-order valence-electron chi connectivity index (χ3n) is 5.28. The summed E-state index contributed by atoms with van der Waals surface area (Å²) < 4.78 is 0. The van der Waals surface area contributed by atoms with Crippen LogP contribution in [0.3, 0.4) is 0 Å². The van der Waals surface area contributed by atoms with Gasteiger partial charge in [0.25, 0.3) is 0 Å². The molecule has 0 saturated heterocycles. The van der Waals surface area contributed by atoms with Crippen molar-refractivity contribution in [1.82, 2.24) is 4.98 Å². The normalized spacial score (nSPS) is 13.9. The fourth-order valence-electron chi connectivity index (χ4n) is 3.75. The molecular formula is C28H26N2. The van der Waals surface area contributed by atoms with E-state index in [1.165, 1.54) is 22.3 Å². The molecule has 0 radical (unpaired) electrons. The lowest BCUT2D eigenvalue weighted by Crippen LogP contribution is -1.96. The van der Waals surface area contributed by atoms with Crippen molar-refractivity contribution in [2.75, 3.05) is 0 Å². The molecule has 0 amide bonds. The van der Waals surface area contributed by atoms with Crippen LogP contribution in [0.25, 0.3) is 22.0 Å². The van der Waals surface area contributed by atoms with Crippen molar-refractivity contribution in [3.8, 4) is 11.1 Å². The van der Waals surface area contributed by atoms with Crippen LogP contribution in [-0.4, -0.2) is 10.7 Å². The quantitative estimate of drug-likeness (QED) is 0.415. The smallest absolute Gasteiger partial charge is 0.0970 e. The Balaban J connectivity index is 1.95. The molecule has 2 aromatic carbocycles. The molecule has 0 atom stereocenters. The SMILES string of the molecule is C=C/C(C)=N\c1c(CC2=CC=CCC=C2)ccc2c(-c3ccccc3)cc(C)nc12. The van der Waals surface area contributed by atoms with Crippen LogP contribution < -0.4 is 0 Å². The fourth-order valence-corrected chi connectivity index (χ4v) is 3.75. The predicted octanol–water partition coefficient (Wildman–Crippen LogP) is 7.47. The first kappa shape index (κ1) is 19.8.